The Morgan fingerprint density at radius 2 is 1.10 bits per heavy atom. The number of unbranched alkanes of at least 4 members (excludes halogenated alkanes) is 10. The highest BCUT2D eigenvalue weighted by molar-refractivity contribution is 7.17. The largest absolute Gasteiger partial charge is 0.327 e. The molecule has 0 aliphatic carbocycles. The van der Waals surface area contributed by atoms with E-state index in [1.165, 1.54) is 77.0 Å². The fraction of sp³-hybridized carbons (Fsp3) is 1.00. The highest BCUT2D eigenvalue weighted by atomic mass is 31.1. The van der Waals surface area contributed by atoms with E-state index in [-0.39, 0.29) is 14.8 Å². The summed E-state index contributed by atoms with van der Waals surface area (Å²) in [7, 11) is -0.142. The van der Waals surface area contributed by atoms with Crippen LogP contribution in [-0.2, 0) is 9.09 Å². The average Bonchev–Trinajstić information content (AvgIpc) is 2.46. The smallest absolute Gasteiger partial charge is 0.291 e. The maximum absolute atomic E-state index is 10.6. The molecule has 0 aromatic carbocycles. The predicted molar refractivity (Wildman–Crippen MR) is 88.5 cm³/mol. The molecule has 0 aliphatic heterocycles. The van der Waals surface area contributed by atoms with Crippen molar-refractivity contribution in [2.45, 2.75) is 110 Å². The van der Waals surface area contributed by atoms with Gasteiger partial charge in [-0.05, 0) is 12.8 Å². The Labute approximate surface area is 128 Å². The van der Waals surface area contributed by atoms with Crippen molar-refractivity contribution in [3.63, 3.8) is 0 Å². The summed E-state index contributed by atoms with van der Waals surface area (Å²) in [5, 5.41) is 0. The van der Waals surface area contributed by atoms with E-state index in [1.807, 2.05) is 0 Å². The van der Waals surface area contributed by atoms with Crippen LogP contribution in [-0.4, -0.2) is 6.10 Å². The quantitative estimate of drug-likeness (QED) is 0.225. The molecule has 0 saturated heterocycles. The van der Waals surface area contributed by atoms with Gasteiger partial charge in [0.25, 0.3) is 0 Å². The molecule has 0 saturated carbocycles. The molecule has 0 aromatic heterocycles. The Balaban J connectivity index is 3.47. The van der Waals surface area contributed by atoms with Crippen molar-refractivity contribution >= 4 is 8.69 Å². The first-order valence-corrected chi connectivity index (χ1v) is 9.56. The van der Waals surface area contributed by atoms with Gasteiger partial charge in [-0.3, -0.25) is 4.52 Å². The van der Waals surface area contributed by atoms with Gasteiger partial charge in [-0.1, -0.05) is 90.9 Å². The maximum Gasteiger partial charge on any atom is 0.327 e. The van der Waals surface area contributed by atoms with Gasteiger partial charge in [-0.15, -0.1) is 0 Å². The van der Waals surface area contributed by atoms with Gasteiger partial charge in [-0.2, -0.15) is 0 Å². The highest BCUT2D eigenvalue weighted by Gasteiger charge is 2.09. The summed E-state index contributed by atoms with van der Waals surface area (Å²) >= 11 is 0. The summed E-state index contributed by atoms with van der Waals surface area (Å²) in [5.74, 6) is 0. The van der Waals surface area contributed by atoms with Crippen molar-refractivity contribution < 1.29 is 9.09 Å². The van der Waals surface area contributed by atoms with Crippen LogP contribution in [0.3, 0.4) is 0 Å². The van der Waals surface area contributed by atoms with E-state index in [2.05, 4.69) is 13.8 Å². The lowest BCUT2D eigenvalue weighted by atomic mass is 10.0. The molecular formula is C17H35O2P. The van der Waals surface area contributed by atoms with Crippen molar-refractivity contribution in [3.8, 4) is 0 Å². The minimum Gasteiger partial charge on any atom is -0.291 e. The number of rotatable bonds is 16. The van der Waals surface area contributed by atoms with Crippen LogP contribution < -0.4 is 0 Å². The molecule has 0 amide bonds. The topological polar surface area (TPSA) is 26.3 Å². The summed E-state index contributed by atoms with van der Waals surface area (Å²) in [6.45, 7) is 4.50. The second-order valence-corrected chi connectivity index (χ2v) is 6.27. The van der Waals surface area contributed by atoms with Crippen LogP contribution in [0.5, 0.6) is 0 Å². The second-order valence-electron chi connectivity index (χ2n) is 5.91. The molecule has 0 unspecified atom stereocenters. The van der Waals surface area contributed by atoms with Crippen LogP contribution in [0.4, 0.5) is 0 Å². The standard InChI is InChI=1S/C17H35O2P/c1-3-5-7-9-11-13-15-17(19-20-18)16-14-12-10-8-6-4-2/h17H,3-16H2,1-2H3. The summed E-state index contributed by atoms with van der Waals surface area (Å²) in [6, 6.07) is 0. The molecule has 0 N–H and O–H groups in total. The molecule has 0 fully saturated rings. The summed E-state index contributed by atoms with van der Waals surface area (Å²) in [5.41, 5.74) is 0. The Morgan fingerprint density at radius 1 is 0.700 bits per heavy atom. The molecule has 0 radical (unpaired) electrons. The van der Waals surface area contributed by atoms with E-state index in [0.29, 0.717) is 0 Å². The fourth-order valence-corrected chi connectivity index (χ4v) is 2.95. The minimum atomic E-state index is -0.142. The van der Waals surface area contributed by atoms with Gasteiger partial charge in [0.1, 0.15) is 0 Å². The third kappa shape index (κ3) is 14.5. The predicted octanol–water partition coefficient (Wildman–Crippen LogP) is 7.08. The Hall–Kier alpha value is 0.0600. The van der Waals surface area contributed by atoms with Gasteiger partial charge in [-0.25, -0.2) is 4.57 Å². The lowest BCUT2D eigenvalue weighted by molar-refractivity contribution is 0.191. The molecule has 0 aliphatic rings. The normalized spacial score (nSPS) is 11.6. The van der Waals surface area contributed by atoms with Gasteiger partial charge in [0.15, 0.2) is 0 Å². The van der Waals surface area contributed by atoms with Gasteiger partial charge in [0.05, 0.1) is 6.10 Å². The van der Waals surface area contributed by atoms with E-state index in [1.54, 1.807) is 0 Å². The first-order chi connectivity index (χ1) is 9.85. The molecule has 0 heterocycles. The lowest BCUT2D eigenvalue weighted by Crippen LogP contribution is -2.07. The molecule has 20 heavy (non-hydrogen) atoms. The molecule has 0 rings (SSSR count). The van der Waals surface area contributed by atoms with E-state index in [0.717, 1.165) is 12.8 Å². The van der Waals surface area contributed by atoms with E-state index in [9.17, 15) is 4.57 Å². The van der Waals surface area contributed by atoms with E-state index in [4.69, 9.17) is 4.52 Å². The van der Waals surface area contributed by atoms with E-state index < -0.39 is 0 Å². The van der Waals surface area contributed by atoms with Gasteiger partial charge >= 0.3 is 8.69 Å². The first kappa shape index (κ1) is 20.1. The zero-order chi connectivity index (χ0) is 14.9. The Kier molecular flexibility index (Phi) is 17.2. The number of hydrogen-bond acceptors (Lipinski definition) is 2. The maximum atomic E-state index is 10.6. The van der Waals surface area contributed by atoms with Crippen molar-refractivity contribution in [2.75, 3.05) is 0 Å². The zero-order valence-corrected chi connectivity index (χ0v) is 14.6. The Morgan fingerprint density at radius 3 is 1.50 bits per heavy atom. The van der Waals surface area contributed by atoms with Crippen LogP contribution in [0.15, 0.2) is 0 Å². The third-order valence-corrected chi connectivity index (χ3v) is 4.34. The van der Waals surface area contributed by atoms with Crippen LogP contribution >= 0.6 is 8.69 Å². The fourth-order valence-electron chi connectivity index (χ4n) is 2.62. The monoisotopic (exact) mass is 302 g/mol. The summed E-state index contributed by atoms with van der Waals surface area (Å²) in [4.78, 5) is 0. The molecule has 0 atom stereocenters. The van der Waals surface area contributed by atoms with Crippen molar-refractivity contribution in [1.29, 1.82) is 0 Å². The lowest BCUT2D eigenvalue weighted by Gasteiger charge is -2.13. The van der Waals surface area contributed by atoms with Crippen LogP contribution in [0, 0.1) is 0 Å². The average molecular weight is 302 g/mol. The molecule has 120 valence electrons. The summed E-state index contributed by atoms with van der Waals surface area (Å²) < 4.78 is 16.0. The molecule has 2 nitrogen and oxygen atoms in total. The van der Waals surface area contributed by atoms with Crippen molar-refractivity contribution in [3.05, 3.63) is 0 Å². The molecule has 0 spiro atoms. The van der Waals surface area contributed by atoms with Crippen molar-refractivity contribution in [2.24, 2.45) is 0 Å². The summed E-state index contributed by atoms with van der Waals surface area (Å²) in [6.07, 6.45) is 18.1. The zero-order valence-electron chi connectivity index (χ0n) is 13.7. The molecular weight excluding hydrogens is 267 g/mol. The second kappa shape index (κ2) is 17.1. The molecule has 0 bridgehead atoms. The minimum absolute atomic E-state index is 0.142. The first-order valence-electron chi connectivity index (χ1n) is 8.83. The van der Waals surface area contributed by atoms with Crippen LogP contribution in [0.25, 0.3) is 0 Å². The Bertz CT molecular complexity index is 181. The van der Waals surface area contributed by atoms with Crippen LogP contribution in [0.2, 0.25) is 0 Å². The SMILES string of the molecule is CCCCCCCCC(CCCCCCCC)OP=O. The third-order valence-electron chi connectivity index (χ3n) is 3.95. The van der Waals surface area contributed by atoms with Crippen molar-refractivity contribution in [1.82, 2.24) is 0 Å². The molecule has 0 aromatic rings. The van der Waals surface area contributed by atoms with Gasteiger partial charge in [0.2, 0.25) is 0 Å². The number of hydrogen-bond donors (Lipinski definition) is 0. The highest BCUT2D eigenvalue weighted by Crippen LogP contribution is 2.19. The van der Waals surface area contributed by atoms with Gasteiger partial charge < -0.3 is 0 Å². The van der Waals surface area contributed by atoms with E-state index >= 15 is 0 Å². The molecule has 3 heteroatoms. The van der Waals surface area contributed by atoms with Gasteiger partial charge in [0, 0.05) is 0 Å². The van der Waals surface area contributed by atoms with Crippen LogP contribution in [0.1, 0.15) is 104 Å².